The Labute approximate surface area is 109 Å². The van der Waals surface area contributed by atoms with Crippen LogP contribution in [0.4, 0.5) is 5.95 Å². The summed E-state index contributed by atoms with van der Waals surface area (Å²) in [5.41, 5.74) is 3.16. The van der Waals surface area contributed by atoms with Crippen LogP contribution in [0.3, 0.4) is 0 Å². The highest BCUT2D eigenvalue weighted by Gasteiger charge is 2.09. The predicted octanol–water partition coefficient (Wildman–Crippen LogP) is 2.52. The molecular weight excluding hydrogens is 240 g/mol. The Morgan fingerprint density at radius 2 is 2.11 bits per heavy atom. The first-order valence-corrected chi connectivity index (χ1v) is 5.90. The number of nitrogens with zero attached hydrogens (tertiary/aromatic N) is 2. The molecule has 2 aromatic heterocycles. The third-order valence-electron chi connectivity index (χ3n) is 2.76. The highest BCUT2D eigenvalue weighted by molar-refractivity contribution is 6.03. The van der Waals surface area contributed by atoms with Crippen LogP contribution in [0.5, 0.6) is 0 Å². The molecule has 0 saturated carbocycles. The van der Waals surface area contributed by atoms with Gasteiger partial charge in [0.25, 0.3) is 5.91 Å². The average molecular weight is 252 g/mol. The maximum Gasteiger partial charge on any atom is 0.259 e. The Hall–Kier alpha value is -2.69. The molecule has 2 heterocycles. The lowest BCUT2D eigenvalue weighted by atomic mass is 10.2. The van der Waals surface area contributed by atoms with Gasteiger partial charge in [0.15, 0.2) is 0 Å². The van der Waals surface area contributed by atoms with E-state index in [4.69, 9.17) is 0 Å². The van der Waals surface area contributed by atoms with Gasteiger partial charge < -0.3 is 4.98 Å². The maximum absolute atomic E-state index is 12.0. The minimum absolute atomic E-state index is 0.227. The molecule has 3 rings (SSSR count). The molecule has 1 amide bonds. The number of fused-ring (bicyclic) bond motifs is 1. The van der Waals surface area contributed by atoms with E-state index in [9.17, 15) is 4.79 Å². The minimum Gasteiger partial charge on any atom is -0.324 e. The fourth-order valence-electron chi connectivity index (χ4n) is 1.87. The summed E-state index contributed by atoms with van der Waals surface area (Å²) in [7, 11) is 0. The van der Waals surface area contributed by atoms with Crippen molar-refractivity contribution in [2.24, 2.45) is 0 Å². The fraction of sp³-hybridized carbons (Fsp3) is 0.0714. The topological polar surface area (TPSA) is 70.7 Å². The molecule has 19 heavy (non-hydrogen) atoms. The molecule has 2 N–H and O–H groups in total. The predicted molar refractivity (Wildman–Crippen MR) is 73.0 cm³/mol. The molecule has 0 fully saturated rings. The summed E-state index contributed by atoms with van der Waals surface area (Å²) in [6.07, 6.45) is 3.24. The molecule has 94 valence electrons. The van der Waals surface area contributed by atoms with Crippen LogP contribution in [0.25, 0.3) is 11.0 Å². The van der Waals surface area contributed by atoms with Gasteiger partial charge in [0.2, 0.25) is 5.95 Å². The average Bonchev–Trinajstić information content (AvgIpc) is 2.80. The monoisotopic (exact) mass is 252 g/mol. The number of aromatic amines is 1. The second-order valence-electron chi connectivity index (χ2n) is 4.31. The standard InChI is InChI=1S/C14H12N4O/c1-9-6-10(8-15-7-9)13(19)18-14-16-11-4-2-3-5-12(11)17-14/h2-8H,1H3,(H2,16,17,18,19). The Morgan fingerprint density at radius 3 is 2.89 bits per heavy atom. The zero-order valence-corrected chi connectivity index (χ0v) is 10.3. The molecule has 0 aliphatic rings. The quantitative estimate of drug-likeness (QED) is 0.736. The number of benzene rings is 1. The van der Waals surface area contributed by atoms with E-state index in [0.717, 1.165) is 16.6 Å². The number of nitrogens with one attached hydrogen (secondary N) is 2. The Morgan fingerprint density at radius 1 is 1.26 bits per heavy atom. The van der Waals surface area contributed by atoms with Crippen molar-refractivity contribution >= 4 is 22.9 Å². The molecule has 0 radical (unpaired) electrons. The van der Waals surface area contributed by atoms with E-state index < -0.39 is 0 Å². The van der Waals surface area contributed by atoms with Crippen molar-refractivity contribution in [2.75, 3.05) is 5.32 Å². The number of carbonyl (C=O) groups is 1. The van der Waals surface area contributed by atoms with Gasteiger partial charge in [-0.3, -0.25) is 15.1 Å². The second kappa shape index (κ2) is 4.53. The number of H-pyrrole nitrogens is 1. The number of amides is 1. The summed E-state index contributed by atoms with van der Waals surface area (Å²) in [5.74, 6) is 0.211. The number of imidazole rings is 1. The van der Waals surface area contributed by atoms with Crippen LogP contribution in [0.15, 0.2) is 42.7 Å². The van der Waals surface area contributed by atoms with Crippen molar-refractivity contribution in [3.05, 3.63) is 53.9 Å². The zero-order valence-electron chi connectivity index (χ0n) is 10.3. The summed E-state index contributed by atoms with van der Waals surface area (Å²) in [5, 5.41) is 2.73. The van der Waals surface area contributed by atoms with Crippen molar-refractivity contribution in [3.63, 3.8) is 0 Å². The lowest BCUT2D eigenvalue weighted by Gasteiger charge is -2.01. The highest BCUT2D eigenvalue weighted by Crippen LogP contribution is 2.14. The first-order chi connectivity index (χ1) is 9.22. The first-order valence-electron chi connectivity index (χ1n) is 5.90. The number of hydrogen-bond donors (Lipinski definition) is 2. The van der Waals surface area contributed by atoms with Crippen LogP contribution in [0.2, 0.25) is 0 Å². The lowest BCUT2D eigenvalue weighted by molar-refractivity contribution is 0.102. The number of rotatable bonds is 2. The van der Waals surface area contributed by atoms with Gasteiger partial charge in [-0.2, -0.15) is 0 Å². The third-order valence-corrected chi connectivity index (χ3v) is 2.76. The van der Waals surface area contributed by atoms with Gasteiger partial charge in [-0.25, -0.2) is 4.98 Å². The SMILES string of the molecule is Cc1cncc(C(=O)Nc2nc3ccccc3[nH]2)c1. The molecule has 0 unspecified atom stereocenters. The largest absolute Gasteiger partial charge is 0.324 e. The number of pyridine rings is 1. The summed E-state index contributed by atoms with van der Waals surface area (Å²) in [6.45, 7) is 1.89. The number of aryl methyl sites for hydroxylation is 1. The third kappa shape index (κ3) is 2.30. The molecule has 5 heteroatoms. The van der Waals surface area contributed by atoms with Gasteiger partial charge >= 0.3 is 0 Å². The van der Waals surface area contributed by atoms with E-state index in [0.29, 0.717) is 11.5 Å². The van der Waals surface area contributed by atoms with E-state index in [1.807, 2.05) is 31.2 Å². The molecular formula is C14H12N4O. The summed E-state index contributed by atoms with van der Waals surface area (Å²) < 4.78 is 0. The highest BCUT2D eigenvalue weighted by atomic mass is 16.1. The molecule has 0 atom stereocenters. The lowest BCUT2D eigenvalue weighted by Crippen LogP contribution is -2.13. The number of anilines is 1. The molecule has 0 saturated heterocycles. The summed E-state index contributed by atoms with van der Waals surface area (Å²) in [6, 6.07) is 9.39. The maximum atomic E-state index is 12.0. The Balaban J connectivity index is 1.86. The molecule has 5 nitrogen and oxygen atoms in total. The van der Waals surface area contributed by atoms with Crippen molar-refractivity contribution in [1.29, 1.82) is 0 Å². The van der Waals surface area contributed by atoms with E-state index in [1.54, 1.807) is 12.3 Å². The van der Waals surface area contributed by atoms with E-state index in [1.165, 1.54) is 6.20 Å². The summed E-state index contributed by atoms with van der Waals surface area (Å²) in [4.78, 5) is 23.4. The van der Waals surface area contributed by atoms with E-state index in [-0.39, 0.29) is 5.91 Å². The van der Waals surface area contributed by atoms with E-state index in [2.05, 4.69) is 20.3 Å². The van der Waals surface area contributed by atoms with Gasteiger partial charge in [0.05, 0.1) is 16.6 Å². The molecule has 0 spiro atoms. The fourth-order valence-corrected chi connectivity index (χ4v) is 1.87. The number of carbonyl (C=O) groups excluding carboxylic acids is 1. The van der Waals surface area contributed by atoms with Crippen molar-refractivity contribution in [2.45, 2.75) is 6.92 Å². The minimum atomic E-state index is -0.227. The molecule has 1 aromatic carbocycles. The van der Waals surface area contributed by atoms with Crippen LogP contribution in [0.1, 0.15) is 15.9 Å². The van der Waals surface area contributed by atoms with Crippen LogP contribution in [-0.4, -0.2) is 20.9 Å². The normalized spacial score (nSPS) is 10.6. The molecule has 0 aliphatic carbocycles. The van der Waals surface area contributed by atoms with Crippen molar-refractivity contribution < 1.29 is 4.79 Å². The second-order valence-corrected chi connectivity index (χ2v) is 4.31. The smallest absolute Gasteiger partial charge is 0.259 e. The number of aromatic nitrogens is 3. The van der Waals surface area contributed by atoms with Gasteiger partial charge in [0, 0.05) is 12.4 Å². The van der Waals surface area contributed by atoms with Crippen LogP contribution < -0.4 is 5.32 Å². The van der Waals surface area contributed by atoms with Crippen LogP contribution >= 0.6 is 0 Å². The zero-order chi connectivity index (χ0) is 13.2. The van der Waals surface area contributed by atoms with Gasteiger partial charge in [-0.15, -0.1) is 0 Å². The van der Waals surface area contributed by atoms with Crippen LogP contribution in [-0.2, 0) is 0 Å². The number of para-hydroxylation sites is 2. The molecule has 0 bridgehead atoms. The molecule has 0 aliphatic heterocycles. The Kier molecular flexibility index (Phi) is 2.72. The number of hydrogen-bond acceptors (Lipinski definition) is 3. The van der Waals surface area contributed by atoms with Gasteiger partial charge in [-0.1, -0.05) is 12.1 Å². The van der Waals surface area contributed by atoms with Crippen molar-refractivity contribution in [3.8, 4) is 0 Å². The van der Waals surface area contributed by atoms with E-state index >= 15 is 0 Å². The van der Waals surface area contributed by atoms with Gasteiger partial charge in [-0.05, 0) is 30.7 Å². The van der Waals surface area contributed by atoms with Crippen LogP contribution in [0, 0.1) is 6.92 Å². The Bertz CT molecular complexity index is 715. The van der Waals surface area contributed by atoms with Gasteiger partial charge in [0.1, 0.15) is 0 Å². The van der Waals surface area contributed by atoms with Crippen molar-refractivity contribution in [1.82, 2.24) is 15.0 Å². The first kappa shape index (κ1) is 11.4. The summed E-state index contributed by atoms with van der Waals surface area (Å²) >= 11 is 0. The molecule has 3 aromatic rings.